The third-order valence-electron chi connectivity index (χ3n) is 3.87. The van der Waals surface area contributed by atoms with Crippen molar-refractivity contribution in [1.29, 1.82) is 0 Å². The van der Waals surface area contributed by atoms with Crippen molar-refractivity contribution in [2.45, 2.75) is 12.5 Å². The molecule has 1 aromatic heterocycles. The molecule has 1 fully saturated rings. The zero-order valence-corrected chi connectivity index (χ0v) is 11.1. The number of aliphatic hydroxyl groups is 1. The van der Waals surface area contributed by atoms with Crippen molar-refractivity contribution in [3.8, 4) is 11.5 Å². The lowest BCUT2D eigenvalue weighted by Gasteiger charge is -2.22. The molecule has 1 atom stereocenters. The van der Waals surface area contributed by atoms with Gasteiger partial charge in [-0.1, -0.05) is 0 Å². The van der Waals surface area contributed by atoms with E-state index in [2.05, 4.69) is 9.88 Å². The van der Waals surface area contributed by atoms with Crippen molar-refractivity contribution in [2.75, 3.05) is 31.2 Å². The van der Waals surface area contributed by atoms with Crippen LogP contribution in [0.25, 0.3) is 10.8 Å². The maximum atomic E-state index is 9.71. The predicted molar refractivity (Wildman–Crippen MR) is 75.6 cm³/mol. The van der Waals surface area contributed by atoms with Crippen molar-refractivity contribution in [2.24, 2.45) is 0 Å². The number of hydrogen-bond acceptors (Lipinski definition) is 5. The molecule has 0 amide bonds. The summed E-state index contributed by atoms with van der Waals surface area (Å²) in [5.41, 5.74) is 0. The molecule has 2 aliphatic heterocycles. The molecular formula is C15H16N2O3. The molecule has 1 aromatic carbocycles. The minimum atomic E-state index is -0.260. The number of nitrogens with zero attached hydrogens (tertiary/aromatic N) is 2. The monoisotopic (exact) mass is 272 g/mol. The molecule has 2 aromatic rings. The summed E-state index contributed by atoms with van der Waals surface area (Å²) >= 11 is 0. The average Bonchev–Trinajstić information content (AvgIpc) is 2.91. The maximum Gasteiger partial charge on any atom is 0.162 e. The van der Waals surface area contributed by atoms with Crippen LogP contribution in [0.1, 0.15) is 6.42 Å². The summed E-state index contributed by atoms with van der Waals surface area (Å²) in [4.78, 5) is 6.62. The van der Waals surface area contributed by atoms with Crippen molar-refractivity contribution in [1.82, 2.24) is 4.98 Å². The highest BCUT2D eigenvalue weighted by molar-refractivity contribution is 5.94. The minimum Gasteiger partial charge on any atom is -0.486 e. The summed E-state index contributed by atoms with van der Waals surface area (Å²) < 4.78 is 11.3. The van der Waals surface area contributed by atoms with Gasteiger partial charge in [-0.2, -0.15) is 0 Å². The Kier molecular flexibility index (Phi) is 2.67. The first-order valence-corrected chi connectivity index (χ1v) is 6.92. The molecule has 3 heterocycles. The Bertz CT molecular complexity index is 659. The Hall–Kier alpha value is -2.01. The smallest absolute Gasteiger partial charge is 0.162 e. The Morgan fingerprint density at radius 3 is 2.75 bits per heavy atom. The Morgan fingerprint density at radius 1 is 1.20 bits per heavy atom. The molecule has 0 radical (unpaired) electrons. The third kappa shape index (κ3) is 1.86. The fraction of sp³-hybridized carbons (Fsp3) is 0.400. The summed E-state index contributed by atoms with van der Waals surface area (Å²) in [6.07, 6.45) is 2.34. The number of aliphatic hydroxyl groups excluding tert-OH is 1. The van der Waals surface area contributed by atoms with Gasteiger partial charge >= 0.3 is 0 Å². The van der Waals surface area contributed by atoms with Crippen LogP contribution in [0, 0.1) is 0 Å². The summed E-state index contributed by atoms with van der Waals surface area (Å²) in [5.74, 6) is 2.48. The maximum absolute atomic E-state index is 9.71. The normalized spacial score (nSPS) is 21.4. The standard InChI is InChI=1S/C15H16N2O3/c18-11-2-4-17(9-11)15-12-8-14-13(19-5-6-20-14)7-10(12)1-3-16-15/h1,3,7-8,11,18H,2,4-6,9H2/t11-/m0/s1. The van der Waals surface area contributed by atoms with Crippen LogP contribution in [0.3, 0.4) is 0 Å². The molecule has 0 unspecified atom stereocenters. The topological polar surface area (TPSA) is 54.8 Å². The number of pyridine rings is 1. The number of aromatic nitrogens is 1. The lowest BCUT2D eigenvalue weighted by molar-refractivity contribution is 0.172. The molecule has 0 bridgehead atoms. The van der Waals surface area contributed by atoms with Gasteiger partial charge in [-0.25, -0.2) is 4.98 Å². The van der Waals surface area contributed by atoms with Gasteiger partial charge in [0.15, 0.2) is 11.5 Å². The second kappa shape index (κ2) is 4.52. The van der Waals surface area contributed by atoms with Crippen LogP contribution in [-0.4, -0.2) is 42.5 Å². The van der Waals surface area contributed by atoms with Crippen molar-refractivity contribution < 1.29 is 14.6 Å². The molecular weight excluding hydrogens is 256 g/mol. The molecule has 0 aliphatic carbocycles. The van der Waals surface area contributed by atoms with Crippen LogP contribution in [-0.2, 0) is 0 Å². The third-order valence-corrected chi connectivity index (χ3v) is 3.87. The molecule has 4 rings (SSSR count). The molecule has 20 heavy (non-hydrogen) atoms. The largest absolute Gasteiger partial charge is 0.486 e. The SMILES string of the molecule is O[C@H]1CCN(c2nccc3cc4c(cc23)OCCO4)C1. The van der Waals surface area contributed by atoms with Gasteiger partial charge in [0.2, 0.25) is 0 Å². The van der Waals surface area contributed by atoms with E-state index in [0.29, 0.717) is 19.8 Å². The number of β-amino-alcohol motifs (C(OH)–C–C–N with tert-alkyl or cyclic N) is 1. The van der Waals surface area contributed by atoms with Gasteiger partial charge in [-0.15, -0.1) is 0 Å². The van der Waals surface area contributed by atoms with E-state index in [1.807, 2.05) is 18.2 Å². The molecule has 0 spiro atoms. The highest BCUT2D eigenvalue weighted by atomic mass is 16.6. The number of hydrogen-bond donors (Lipinski definition) is 1. The predicted octanol–water partition coefficient (Wildman–Crippen LogP) is 1.58. The Labute approximate surface area is 116 Å². The molecule has 2 aliphatic rings. The van der Waals surface area contributed by atoms with E-state index >= 15 is 0 Å². The van der Waals surface area contributed by atoms with Crippen LogP contribution in [0.5, 0.6) is 11.5 Å². The van der Waals surface area contributed by atoms with Gasteiger partial charge in [0.05, 0.1) is 6.10 Å². The second-order valence-corrected chi connectivity index (χ2v) is 5.24. The lowest BCUT2D eigenvalue weighted by Crippen LogP contribution is -2.22. The second-order valence-electron chi connectivity index (χ2n) is 5.24. The zero-order chi connectivity index (χ0) is 13.5. The van der Waals surface area contributed by atoms with Gasteiger partial charge in [0.25, 0.3) is 0 Å². The fourth-order valence-electron chi connectivity index (χ4n) is 2.88. The minimum absolute atomic E-state index is 0.260. The zero-order valence-electron chi connectivity index (χ0n) is 11.1. The first-order valence-electron chi connectivity index (χ1n) is 6.92. The average molecular weight is 272 g/mol. The lowest BCUT2D eigenvalue weighted by atomic mass is 10.1. The van der Waals surface area contributed by atoms with E-state index in [0.717, 1.165) is 41.1 Å². The number of anilines is 1. The molecule has 1 saturated heterocycles. The Morgan fingerprint density at radius 2 is 2.00 bits per heavy atom. The fourth-order valence-corrected chi connectivity index (χ4v) is 2.88. The first kappa shape index (κ1) is 11.8. The molecule has 1 N–H and O–H groups in total. The molecule has 104 valence electrons. The number of ether oxygens (including phenoxy) is 2. The van der Waals surface area contributed by atoms with E-state index in [4.69, 9.17) is 9.47 Å². The van der Waals surface area contributed by atoms with E-state index in [1.165, 1.54) is 0 Å². The summed E-state index contributed by atoms with van der Waals surface area (Å²) in [7, 11) is 0. The summed E-state index contributed by atoms with van der Waals surface area (Å²) in [6, 6.07) is 5.97. The van der Waals surface area contributed by atoms with Crippen LogP contribution in [0.15, 0.2) is 24.4 Å². The van der Waals surface area contributed by atoms with Crippen LogP contribution >= 0.6 is 0 Å². The molecule has 5 heteroatoms. The van der Waals surface area contributed by atoms with Gasteiger partial charge in [-0.05, 0) is 30.0 Å². The van der Waals surface area contributed by atoms with Crippen molar-refractivity contribution >= 4 is 16.6 Å². The van der Waals surface area contributed by atoms with E-state index in [-0.39, 0.29) is 6.10 Å². The van der Waals surface area contributed by atoms with Crippen LogP contribution in [0.2, 0.25) is 0 Å². The van der Waals surface area contributed by atoms with Gasteiger partial charge in [0.1, 0.15) is 19.0 Å². The quantitative estimate of drug-likeness (QED) is 0.854. The summed E-state index contributed by atoms with van der Waals surface area (Å²) in [6.45, 7) is 2.65. The number of fused-ring (bicyclic) bond motifs is 2. The number of benzene rings is 1. The van der Waals surface area contributed by atoms with Crippen LogP contribution in [0.4, 0.5) is 5.82 Å². The van der Waals surface area contributed by atoms with E-state index in [9.17, 15) is 5.11 Å². The van der Waals surface area contributed by atoms with Gasteiger partial charge in [0, 0.05) is 24.7 Å². The van der Waals surface area contributed by atoms with E-state index < -0.39 is 0 Å². The van der Waals surface area contributed by atoms with E-state index in [1.54, 1.807) is 6.20 Å². The number of rotatable bonds is 1. The van der Waals surface area contributed by atoms with Crippen molar-refractivity contribution in [3.05, 3.63) is 24.4 Å². The van der Waals surface area contributed by atoms with Crippen molar-refractivity contribution in [3.63, 3.8) is 0 Å². The van der Waals surface area contributed by atoms with Gasteiger partial charge < -0.3 is 19.5 Å². The summed E-state index contributed by atoms with van der Waals surface area (Å²) in [5, 5.41) is 11.8. The van der Waals surface area contributed by atoms with Gasteiger partial charge in [-0.3, -0.25) is 0 Å². The molecule has 5 nitrogen and oxygen atoms in total. The van der Waals surface area contributed by atoms with Crippen LogP contribution < -0.4 is 14.4 Å². The highest BCUT2D eigenvalue weighted by Gasteiger charge is 2.23. The molecule has 0 saturated carbocycles. The highest BCUT2D eigenvalue weighted by Crippen LogP contribution is 2.37. The first-order chi connectivity index (χ1) is 9.81. The Balaban J connectivity index is 1.84.